The Kier molecular flexibility index (Phi) is 4.25. The number of carboxylic acids is 1. The Morgan fingerprint density at radius 3 is 1.60 bits per heavy atom. The topological polar surface area (TPSA) is 54.4 Å². The van der Waals surface area contributed by atoms with E-state index >= 15 is 0 Å². The van der Waals surface area contributed by atoms with E-state index in [2.05, 4.69) is 0 Å². The van der Waals surface area contributed by atoms with Gasteiger partial charge in [-0.3, -0.25) is 4.79 Å². The summed E-state index contributed by atoms with van der Waals surface area (Å²) in [6.07, 6.45) is 0. The van der Waals surface area contributed by atoms with Crippen LogP contribution in [0.1, 0.15) is 18.1 Å². The molecule has 0 spiro atoms. The lowest BCUT2D eigenvalue weighted by Crippen LogP contribution is -2.34. The van der Waals surface area contributed by atoms with Crippen molar-refractivity contribution in [2.24, 2.45) is 0 Å². The van der Waals surface area contributed by atoms with Crippen LogP contribution >= 0.6 is 11.8 Å². The molecule has 0 aromatic heterocycles. The van der Waals surface area contributed by atoms with Crippen LogP contribution < -0.4 is 0 Å². The molecule has 0 atom stereocenters. The van der Waals surface area contributed by atoms with Gasteiger partial charge in [0.05, 0.1) is 0 Å². The zero-order valence-electron chi connectivity index (χ0n) is 10.9. The Bertz CT molecular complexity index is 569. The van der Waals surface area contributed by atoms with E-state index in [4.69, 9.17) is 0 Å². The minimum atomic E-state index is -1.41. The molecular formula is C16H14O3S. The van der Waals surface area contributed by atoms with Crippen LogP contribution in [0.3, 0.4) is 0 Å². The third-order valence-corrected chi connectivity index (χ3v) is 4.20. The maximum absolute atomic E-state index is 12.0. The first-order chi connectivity index (χ1) is 9.57. The summed E-state index contributed by atoms with van der Waals surface area (Å²) in [6, 6.07) is 17.7. The van der Waals surface area contributed by atoms with E-state index in [1.54, 1.807) is 48.5 Å². The average Bonchev–Trinajstić information content (AvgIpc) is 2.46. The van der Waals surface area contributed by atoms with Crippen molar-refractivity contribution >= 4 is 22.8 Å². The van der Waals surface area contributed by atoms with Crippen LogP contribution in [0.25, 0.3) is 0 Å². The number of carbonyl (C=O) groups is 2. The highest BCUT2D eigenvalue weighted by Gasteiger charge is 2.44. The van der Waals surface area contributed by atoms with E-state index in [0.29, 0.717) is 11.1 Å². The number of benzene rings is 2. The maximum Gasteiger partial charge on any atom is 0.329 e. The van der Waals surface area contributed by atoms with Crippen LogP contribution in [0.5, 0.6) is 0 Å². The summed E-state index contributed by atoms with van der Waals surface area (Å²) in [4.78, 5) is 23.6. The fourth-order valence-electron chi connectivity index (χ4n) is 2.14. The number of carbonyl (C=O) groups excluding carboxylic acids is 1. The first-order valence-corrected chi connectivity index (χ1v) is 6.93. The molecule has 2 aromatic rings. The number of hydrogen-bond acceptors (Lipinski definition) is 3. The molecule has 1 N–H and O–H groups in total. The molecule has 0 aliphatic carbocycles. The molecule has 0 fully saturated rings. The molecule has 2 aromatic carbocycles. The monoisotopic (exact) mass is 286 g/mol. The predicted molar refractivity (Wildman–Crippen MR) is 79.6 cm³/mol. The first-order valence-electron chi connectivity index (χ1n) is 6.11. The van der Waals surface area contributed by atoms with Gasteiger partial charge < -0.3 is 5.11 Å². The van der Waals surface area contributed by atoms with Crippen molar-refractivity contribution in [3.63, 3.8) is 0 Å². The van der Waals surface area contributed by atoms with Gasteiger partial charge in [-0.1, -0.05) is 72.4 Å². The molecule has 0 saturated heterocycles. The Hall–Kier alpha value is -2.07. The summed E-state index contributed by atoms with van der Waals surface area (Å²) >= 11 is 0.823. The highest BCUT2D eigenvalue weighted by Crippen LogP contribution is 2.43. The molecule has 0 saturated carbocycles. The van der Waals surface area contributed by atoms with Crippen LogP contribution in [0.4, 0.5) is 0 Å². The number of rotatable bonds is 4. The molecule has 0 aliphatic rings. The molecule has 102 valence electrons. The molecular weight excluding hydrogens is 272 g/mol. The fourth-order valence-corrected chi connectivity index (χ4v) is 3.16. The standard InChI is InChI=1S/C16H14O3S/c1-12(17)20-16(15(18)19,13-8-4-2-5-9-13)14-10-6-3-7-11-14/h2-11H,1H3,(H,18,19). The van der Waals surface area contributed by atoms with Gasteiger partial charge >= 0.3 is 5.97 Å². The summed E-state index contributed by atoms with van der Waals surface area (Å²) in [5, 5.41) is 9.57. The SMILES string of the molecule is CC(=O)SC(C(=O)O)(c1ccccc1)c1ccccc1. The van der Waals surface area contributed by atoms with Crippen LogP contribution in [0.15, 0.2) is 60.7 Å². The summed E-state index contributed by atoms with van der Waals surface area (Å²) < 4.78 is -1.41. The van der Waals surface area contributed by atoms with Gasteiger partial charge in [0.1, 0.15) is 0 Å². The van der Waals surface area contributed by atoms with Crippen molar-refractivity contribution in [2.75, 3.05) is 0 Å². The van der Waals surface area contributed by atoms with Crippen molar-refractivity contribution in [3.8, 4) is 0 Å². The fraction of sp³-hybridized carbons (Fsp3) is 0.125. The summed E-state index contributed by atoms with van der Waals surface area (Å²) in [6.45, 7) is 1.38. The zero-order valence-corrected chi connectivity index (χ0v) is 11.8. The van der Waals surface area contributed by atoms with E-state index in [9.17, 15) is 14.7 Å². The molecule has 3 nitrogen and oxygen atoms in total. The van der Waals surface area contributed by atoms with Crippen molar-refractivity contribution < 1.29 is 14.7 Å². The lowest BCUT2D eigenvalue weighted by molar-refractivity contribution is -0.139. The third kappa shape index (κ3) is 2.60. The maximum atomic E-state index is 12.0. The zero-order chi connectivity index (χ0) is 14.6. The Morgan fingerprint density at radius 2 is 1.30 bits per heavy atom. The molecule has 0 bridgehead atoms. The summed E-state index contributed by atoms with van der Waals surface area (Å²) in [5.41, 5.74) is 1.16. The van der Waals surface area contributed by atoms with E-state index in [1.807, 2.05) is 12.1 Å². The number of thioether (sulfide) groups is 1. The van der Waals surface area contributed by atoms with Crippen molar-refractivity contribution in [2.45, 2.75) is 11.7 Å². The molecule has 2 rings (SSSR count). The average molecular weight is 286 g/mol. The van der Waals surface area contributed by atoms with Gasteiger partial charge in [-0.05, 0) is 11.1 Å². The van der Waals surface area contributed by atoms with E-state index in [0.717, 1.165) is 11.8 Å². The summed E-state index contributed by atoms with van der Waals surface area (Å²) in [7, 11) is 0. The predicted octanol–water partition coefficient (Wildman–Crippen LogP) is 3.29. The lowest BCUT2D eigenvalue weighted by Gasteiger charge is -2.28. The van der Waals surface area contributed by atoms with Gasteiger partial charge in [0, 0.05) is 6.92 Å². The van der Waals surface area contributed by atoms with Crippen LogP contribution in [0.2, 0.25) is 0 Å². The minimum absolute atomic E-state index is 0.236. The van der Waals surface area contributed by atoms with Gasteiger partial charge in [-0.25, -0.2) is 4.79 Å². The lowest BCUT2D eigenvalue weighted by atomic mass is 9.90. The minimum Gasteiger partial charge on any atom is -0.480 e. The van der Waals surface area contributed by atoms with Gasteiger partial charge in [0.2, 0.25) is 0 Å². The van der Waals surface area contributed by atoms with Crippen LogP contribution in [0, 0.1) is 0 Å². The molecule has 20 heavy (non-hydrogen) atoms. The van der Waals surface area contributed by atoms with Gasteiger partial charge in [-0.2, -0.15) is 0 Å². The smallest absolute Gasteiger partial charge is 0.329 e. The third-order valence-electron chi connectivity index (χ3n) is 2.96. The van der Waals surface area contributed by atoms with Crippen molar-refractivity contribution in [3.05, 3.63) is 71.8 Å². The highest BCUT2D eigenvalue weighted by atomic mass is 32.2. The molecule has 0 amide bonds. The first kappa shape index (κ1) is 14.3. The molecule has 0 unspecified atom stereocenters. The number of hydrogen-bond donors (Lipinski definition) is 1. The van der Waals surface area contributed by atoms with Gasteiger partial charge in [-0.15, -0.1) is 0 Å². The Balaban J connectivity index is 2.69. The second-order valence-electron chi connectivity index (χ2n) is 4.31. The number of aliphatic carboxylic acids is 1. The van der Waals surface area contributed by atoms with Gasteiger partial charge in [0.15, 0.2) is 9.86 Å². The van der Waals surface area contributed by atoms with Crippen molar-refractivity contribution in [1.29, 1.82) is 0 Å². The van der Waals surface area contributed by atoms with E-state index in [1.165, 1.54) is 6.92 Å². The second-order valence-corrected chi connectivity index (χ2v) is 5.70. The van der Waals surface area contributed by atoms with Crippen LogP contribution in [-0.2, 0) is 14.3 Å². The Morgan fingerprint density at radius 1 is 0.900 bits per heavy atom. The summed E-state index contributed by atoms with van der Waals surface area (Å²) in [5.74, 6) is -1.05. The van der Waals surface area contributed by atoms with E-state index in [-0.39, 0.29) is 5.12 Å². The van der Waals surface area contributed by atoms with Gasteiger partial charge in [0.25, 0.3) is 0 Å². The Labute approximate surface area is 121 Å². The highest BCUT2D eigenvalue weighted by molar-refractivity contribution is 8.15. The van der Waals surface area contributed by atoms with Crippen molar-refractivity contribution in [1.82, 2.24) is 0 Å². The second kappa shape index (κ2) is 5.92. The quantitative estimate of drug-likeness (QED) is 0.937. The molecule has 0 radical (unpaired) electrons. The molecule has 4 heteroatoms. The normalized spacial score (nSPS) is 11.1. The van der Waals surface area contributed by atoms with Crippen LogP contribution in [-0.4, -0.2) is 16.2 Å². The largest absolute Gasteiger partial charge is 0.480 e. The molecule has 0 aliphatic heterocycles. The number of carboxylic acid groups (broad SMARTS) is 1. The molecule has 0 heterocycles. The van der Waals surface area contributed by atoms with E-state index < -0.39 is 10.7 Å².